The van der Waals surface area contributed by atoms with Crippen molar-refractivity contribution in [2.24, 2.45) is 0 Å². The van der Waals surface area contributed by atoms with Crippen molar-refractivity contribution >= 4 is 40.8 Å². The van der Waals surface area contributed by atoms with Crippen molar-refractivity contribution in [3.63, 3.8) is 0 Å². The second-order valence-corrected chi connectivity index (χ2v) is 5.63. The van der Waals surface area contributed by atoms with Crippen LogP contribution in [0.5, 0.6) is 0 Å². The molecule has 0 aromatic heterocycles. The fraction of sp³-hybridized carbons (Fsp3) is 0.235. The van der Waals surface area contributed by atoms with Gasteiger partial charge in [-0.1, -0.05) is 23.2 Å². The molecule has 0 saturated carbocycles. The molecular formula is C17H18Cl2N2O. The predicted octanol–water partition coefficient (Wildman–Crippen LogP) is 5.10. The first-order valence-electron chi connectivity index (χ1n) is 7.16. The van der Waals surface area contributed by atoms with Crippen molar-refractivity contribution in [3.8, 4) is 0 Å². The molecule has 0 aliphatic carbocycles. The summed E-state index contributed by atoms with van der Waals surface area (Å²) in [6, 6.07) is 12.7. The lowest BCUT2D eigenvalue weighted by Gasteiger charge is -2.20. The first-order valence-corrected chi connectivity index (χ1v) is 7.92. The molecule has 0 bridgehead atoms. The van der Waals surface area contributed by atoms with Gasteiger partial charge in [-0.05, 0) is 44.2 Å². The van der Waals surface area contributed by atoms with Crippen molar-refractivity contribution in [1.82, 2.24) is 0 Å². The third-order valence-electron chi connectivity index (χ3n) is 3.45. The van der Waals surface area contributed by atoms with Gasteiger partial charge in [0.15, 0.2) is 6.21 Å². The van der Waals surface area contributed by atoms with Gasteiger partial charge in [-0.25, -0.2) is 0 Å². The Morgan fingerprint density at radius 1 is 1.00 bits per heavy atom. The molecule has 0 heterocycles. The Kier molecular flexibility index (Phi) is 5.69. The Balaban J connectivity index is 2.22. The number of halogens is 2. The van der Waals surface area contributed by atoms with E-state index in [2.05, 4.69) is 18.7 Å². The van der Waals surface area contributed by atoms with Crippen LogP contribution in [0.25, 0.3) is 0 Å². The van der Waals surface area contributed by atoms with Crippen LogP contribution in [-0.4, -0.2) is 24.0 Å². The number of nitrogens with zero attached hydrogens (tertiary/aromatic N) is 2. The highest BCUT2D eigenvalue weighted by atomic mass is 35.5. The fourth-order valence-corrected chi connectivity index (χ4v) is 2.48. The molecular weight excluding hydrogens is 319 g/mol. The van der Waals surface area contributed by atoms with Crippen LogP contribution in [0.4, 0.5) is 11.4 Å². The molecule has 0 radical (unpaired) electrons. The van der Waals surface area contributed by atoms with Gasteiger partial charge in [0.2, 0.25) is 5.69 Å². The normalized spacial score (nSPS) is 11.5. The summed E-state index contributed by atoms with van der Waals surface area (Å²) in [4.78, 5) is 2.25. The molecule has 0 fully saturated rings. The van der Waals surface area contributed by atoms with Gasteiger partial charge in [-0.3, -0.25) is 0 Å². The summed E-state index contributed by atoms with van der Waals surface area (Å²) in [7, 11) is 0. The summed E-state index contributed by atoms with van der Waals surface area (Å²) in [6.45, 7) is 6.15. The van der Waals surface area contributed by atoms with Crippen LogP contribution in [0.2, 0.25) is 10.0 Å². The molecule has 0 amide bonds. The molecule has 0 atom stereocenters. The summed E-state index contributed by atoms with van der Waals surface area (Å²) in [5.41, 5.74) is 2.42. The molecule has 2 aromatic carbocycles. The minimum absolute atomic E-state index is 0.366. The Bertz CT molecular complexity index is 665. The Morgan fingerprint density at radius 2 is 1.64 bits per heavy atom. The number of benzene rings is 2. The summed E-state index contributed by atoms with van der Waals surface area (Å²) in [5, 5.41) is 13.0. The van der Waals surface area contributed by atoms with Crippen molar-refractivity contribution < 1.29 is 4.74 Å². The zero-order valence-electron chi connectivity index (χ0n) is 12.6. The van der Waals surface area contributed by atoms with E-state index in [9.17, 15) is 5.21 Å². The van der Waals surface area contributed by atoms with Gasteiger partial charge in [0, 0.05) is 36.5 Å². The molecule has 0 spiro atoms. The third-order valence-corrected chi connectivity index (χ3v) is 4.18. The van der Waals surface area contributed by atoms with E-state index in [1.807, 2.05) is 24.3 Å². The van der Waals surface area contributed by atoms with Gasteiger partial charge in [0.1, 0.15) is 0 Å². The Labute approximate surface area is 141 Å². The van der Waals surface area contributed by atoms with Crippen LogP contribution >= 0.6 is 23.2 Å². The monoisotopic (exact) mass is 336 g/mol. The summed E-state index contributed by atoms with van der Waals surface area (Å²) < 4.78 is 0.786. The van der Waals surface area contributed by atoms with E-state index in [1.54, 1.807) is 18.2 Å². The van der Waals surface area contributed by atoms with Crippen molar-refractivity contribution in [2.45, 2.75) is 13.8 Å². The number of hydrogen-bond acceptors (Lipinski definition) is 2. The quantitative estimate of drug-likeness (QED) is 0.329. The van der Waals surface area contributed by atoms with E-state index in [1.165, 1.54) is 6.21 Å². The lowest BCUT2D eigenvalue weighted by molar-refractivity contribution is -0.354. The number of anilines is 1. The van der Waals surface area contributed by atoms with Gasteiger partial charge < -0.3 is 10.1 Å². The third kappa shape index (κ3) is 3.93. The molecule has 116 valence electrons. The van der Waals surface area contributed by atoms with Gasteiger partial charge in [0.25, 0.3) is 0 Å². The predicted molar refractivity (Wildman–Crippen MR) is 94.9 cm³/mol. The summed E-state index contributed by atoms with van der Waals surface area (Å²) >= 11 is 11.8. The zero-order valence-corrected chi connectivity index (χ0v) is 14.1. The molecule has 3 nitrogen and oxygen atoms in total. The lowest BCUT2D eigenvalue weighted by Crippen LogP contribution is -2.21. The molecule has 0 aliphatic rings. The van der Waals surface area contributed by atoms with E-state index < -0.39 is 0 Å². The highest BCUT2D eigenvalue weighted by Gasteiger charge is 2.07. The van der Waals surface area contributed by atoms with Crippen LogP contribution in [-0.2, 0) is 0 Å². The molecule has 0 aliphatic heterocycles. The van der Waals surface area contributed by atoms with Crippen LogP contribution in [0.1, 0.15) is 19.4 Å². The first-order chi connectivity index (χ1) is 10.5. The molecule has 0 saturated heterocycles. The Morgan fingerprint density at radius 3 is 2.18 bits per heavy atom. The largest absolute Gasteiger partial charge is 0.618 e. The Hall–Kier alpha value is -1.71. The topological polar surface area (TPSA) is 29.3 Å². The molecule has 5 heteroatoms. The van der Waals surface area contributed by atoms with E-state index in [4.69, 9.17) is 23.2 Å². The van der Waals surface area contributed by atoms with E-state index in [-0.39, 0.29) is 0 Å². The maximum atomic E-state index is 12.2. The molecule has 2 rings (SSSR count). The fourth-order valence-electron chi connectivity index (χ4n) is 2.19. The van der Waals surface area contributed by atoms with E-state index in [0.717, 1.165) is 29.1 Å². The zero-order chi connectivity index (χ0) is 16.1. The molecule has 0 unspecified atom stereocenters. The van der Waals surface area contributed by atoms with Gasteiger partial charge in [-0.2, -0.15) is 4.74 Å². The van der Waals surface area contributed by atoms with Crippen LogP contribution in [0, 0.1) is 5.21 Å². The molecule has 2 aromatic rings. The van der Waals surface area contributed by atoms with Gasteiger partial charge in [-0.15, -0.1) is 0 Å². The SMILES string of the molecule is CCN(CC)c1ccc(C=[N+]([O-])c2ccc(Cl)c(Cl)c2)cc1. The first kappa shape index (κ1) is 16.7. The average Bonchev–Trinajstić information content (AvgIpc) is 2.52. The van der Waals surface area contributed by atoms with E-state index in [0.29, 0.717) is 15.7 Å². The second-order valence-electron chi connectivity index (χ2n) is 4.82. The second kappa shape index (κ2) is 7.52. The van der Waals surface area contributed by atoms with Crippen molar-refractivity contribution in [1.29, 1.82) is 0 Å². The minimum atomic E-state index is 0.366. The average molecular weight is 337 g/mol. The number of rotatable bonds is 5. The van der Waals surface area contributed by atoms with Crippen LogP contribution < -0.4 is 4.90 Å². The van der Waals surface area contributed by atoms with Crippen LogP contribution in [0.3, 0.4) is 0 Å². The van der Waals surface area contributed by atoms with Gasteiger partial charge in [0.05, 0.1) is 10.0 Å². The smallest absolute Gasteiger partial charge is 0.218 e. The summed E-state index contributed by atoms with van der Waals surface area (Å²) in [6.07, 6.45) is 1.52. The van der Waals surface area contributed by atoms with Gasteiger partial charge >= 0.3 is 0 Å². The summed E-state index contributed by atoms with van der Waals surface area (Å²) in [5.74, 6) is 0. The van der Waals surface area contributed by atoms with E-state index >= 15 is 0 Å². The molecule has 22 heavy (non-hydrogen) atoms. The highest BCUT2D eigenvalue weighted by Crippen LogP contribution is 2.26. The van der Waals surface area contributed by atoms with Crippen molar-refractivity contribution in [3.05, 3.63) is 63.3 Å². The maximum Gasteiger partial charge on any atom is 0.218 e. The standard InChI is InChI=1S/C17H18Cl2N2O/c1-3-20(4-2)14-7-5-13(6-8-14)12-21(22)15-9-10-16(18)17(19)11-15/h5-12H,3-4H2,1-2H3. The maximum absolute atomic E-state index is 12.2. The van der Waals surface area contributed by atoms with Crippen LogP contribution in [0.15, 0.2) is 42.5 Å². The number of hydrogen-bond donors (Lipinski definition) is 0. The minimum Gasteiger partial charge on any atom is -0.618 e. The lowest BCUT2D eigenvalue weighted by atomic mass is 10.2. The highest BCUT2D eigenvalue weighted by molar-refractivity contribution is 6.42. The van der Waals surface area contributed by atoms with Crippen molar-refractivity contribution in [2.75, 3.05) is 18.0 Å². The molecule has 0 N–H and O–H groups in total.